The van der Waals surface area contributed by atoms with Crippen molar-refractivity contribution in [2.24, 2.45) is 0 Å². The highest BCUT2D eigenvalue weighted by atomic mass is 19.3. The van der Waals surface area contributed by atoms with Crippen molar-refractivity contribution in [3.63, 3.8) is 0 Å². The van der Waals surface area contributed by atoms with Gasteiger partial charge in [-0.05, 0) is 25.0 Å². The van der Waals surface area contributed by atoms with Crippen LogP contribution < -0.4 is 0 Å². The van der Waals surface area contributed by atoms with Crippen molar-refractivity contribution >= 4 is 11.0 Å². The van der Waals surface area contributed by atoms with Crippen LogP contribution >= 0.6 is 0 Å². The van der Waals surface area contributed by atoms with Gasteiger partial charge in [0, 0.05) is 18.8 Å². The number of aromatic nitrogens is 4. The minimum Gasteiger partial charge on any atom is -0.339 e. The van der Waals surface area contributed by atoms with Gasteiger partial charge in [-0.3, -0.25) is 0 Å². The molecule has 0 N–H and O–H groups in total. The summed E-state index contributed by atoms with van der Waals surface area (Å²) < 4.78 is 33.7. The van der Waals surface area contributed by atoms with Gasteiger partial charge in [0.2, 0.25) is 11.8 Å². The van der Waals surface area contributed by atoms with E-state index in [0.717, 1.165) is 11.0 Å². The zero-order chi connectivity index (χ0) is 15.9. The van der Waals surface area contributed by atoms with Crippen LogP contribution in [0.1, 0.15) is 43.3 Å². The molecule has 0 radical (unpaired) electrons. The van der Waals surface area contributed by atoms with Gasteiger partial charge in [0.15, 0.2) is 5.82 Å². The first-order valence-electron chi connectivity index (χ1n) is 7.71. The standard InChI is InChI=1S/C16H16F2N4O/c17-16(18)7-5-11(6-8-16)15-20-14(21-23-15)9-22-10-19-12-3-1-2-4-13(12)22/h1-4,10-11H,5-9H2. The molecule has 0 unspecified atom stereocenters. The molecule has 0 spiro atoms. The van der Waals surface area contributed by atoms with Crippen molar-refractivity contribution < 1.29 is 13.3 Å². The molecule has 1 saturated carbocycles. The van der Waals surface area contributed by atoms with Crippen molar-refractivity contribution in [2.75, 3.05) is 0 Å². The third kappa shape index (κ3) is 2.83. The van der Waals surface area contributed by atoms with Crippen LogP contribution in [0.2, 0.25) is 0 Å². The van der Waals surface area contributed by atoms with E-state index in [1.165, 1.54) is 0 Å². The van der Waals surface area contributed by atoms with Crippen molar-refractivity contribution in [3.05, 3.63) is 42.3 Å². The van der Waals surface area contributed by atoms with E-state index in [1.807, 2.05) is 28.8 Å². The molecule has 0 amide bonds. The van der Waals surface area contributed by atoms with E-state index < -0.39 is 5.92 Å². The molecule has 2 heterocycles. The van der Waals surface area contributed by atoms with E-state index in [0.29, 0.717) is 31.1 Å². The lowest BCUT2D eigenvalue weighted by Crippen LogP contribution is -2.23. The normalized spacial score (nSPS) is 18.5. The Kier molecular flexibility index (Phi) is 3.36. The summed E-state index contributed by atoms with van der Waals surface area (Å²) in [6.45, 7) is 0.451. The quantitative estimate of drug-likeness (QED) is 0.738. The summed E-state index contributed by atoms with van der Waals surface area (Å²) in [4.78, 5) is 8.71. The Bertz CT molecular complexity index is 816. The molecule has 1 fully saturated rings. The smallest absolute Gasteiger partial charge is 0.248 e. The predicted octanol–water partition coefficient (Wildman–Crippen LogP) is 3.76. The lowest BCUT2D eigenvalue weighted by atomic mass is 9.87. The summed E-state index contributed by atoms with van der Waals surface area (Å²) in [5.74, 6) is -1.59. The van der Waals surface area contributed by atoms with Crippen LogP contribution in [-0.4, -0.2) is 25.6 Å². The van der Waals surface area contributed by atoms with Crippen molar-refractivity contribution in [1.29, 1.82) is 0 Å². The second-order valence-electron chi connectivity index (χ2n) is 6.04. The Morgan fingerprint density at radius 2 is 2.00 bits per heavy atom. The van der Waals surface area contributed by atoms with Gasteiger partial charge in [0.25, 0.3) is 0 Å². The van der Waals surface area contributed by atoms with E-state index in [-0.39, 0.29) is 18.8 Å². The summed E-state index contributed by atoms with van der Waals surface area (Å²) in [5.41, 5.74) is 1.90. The number of fused-ring (bicyclic) bond motifs is 1. The maximum absolute atomic E-state index is 13.2. The molecular formula is C16H16F2N4O. The third-order valence-corrected chi connectivity index (χ3v) is 4.39. The van der Waals surface area contributed by atoms with Gasteiger partial charge in [-0.1, -0.05) is 17.3 Å². The average molecular weight is 318 g/mol. The first kappa shape index (κ1) is 14.3. The molecule has 1 aliphatic rings. The molecule has 0 bridgehead atoms. The lowest BCUT2D eigenvalue weighted by molar-refractivity contribution is -0.0402. The maximum atomic E-state index is 13.2. The number of halogens is 2. The van der Waals surface area contributed by atoms with E-state index in [1.54, 1.807) is 6.33 Å². The molecule has 3 aromatic rings. The Morgan fingerprint density at radius 3 is 2.83 bits per heavy atom. The molecule has 0 atom stereocenters. The number of nitrogens with zero attached hydrogens (tertiary/aromatic N) is 4. The number of benzene rings is 1. The molecule has 120 valence electrons. The highest BCUT2D eigenvalue weighted by Gasteiger charge is 2.37. The Balaban J connectivity index is 1.50. The summed E-state index contributed by atoms with van der Waals surface area (Å²) in [6.07, 6.45) is 2.30. The second-order valence-corrected chi connectivity index (χ2v) is 6.04. The van der Waals surface area contributed by atoms with Crippen LogP contribution in [0.5, 0.6) is 0 Å². The second kappa shape index (κ2) is 5.40. The fourth-order valence-corrected chi connectivity index (χ4v) is 3.07. The van der Waals surface area contributed by atoms with Gasteiger partial charge in [0.1, 0.15) is 0 Å². The minimum atomic E-state index is -2.55. The van der Waals surface area contributed by atoms with E-state index >= 15 is 0 Å². The zero-order valence-electron chi connectivity index (χ0n) is 12.5. The van der Waals surface area contributed by atoms with Crippen molar-refractivity contribution in [2.45, 2.75) is 44.1 Å². The number of rotatable bonds is 3. The van der Waals surface area contributed by atoms with Gasteiger partial charge in [0.05, 0.1) is 23.9 Å². The SMILES string of the molecule is FC1(F)CCC(c2nc(Cn3cnc4ccccc43)no2)CC1. The Labute approximate surface area is 131 Å². The molecule has 4 rings (SSSR count). The summed E-state index contributed by atoms with van der Waals surface area (Å²) >= 11 is 0. The first-order chi connectivity index (χ1) is 11.1. The van der Waals surface area contributed by atoms with Crippen LogP contribution in [-0.2, 0) is 6.54 Å². The highest BCUT2D eigenvalue weighted by molar-refractivity contribution is 5.74. The number of para-hydroxylation sites is 2. The number of imidazole rings is 1. The van der Waals surface area contributed by atoms with Crippen molar-refractivity contribution in [1.82, 2.24) is 19.7 Å². The number of hydrogen-bond donors (Lipinski definition) is 0. The minimum absolute atomic E-state index is 0.0598. The molecule has 0 saturated heterocycles. The predicted molar refractivity (Wildman–Crippen MR) is 79.3 cm³/mol. The topological polar surface area (TPSA) is 56.7 Å². The molecule has 1 aliphatic carbocycles. The van der Waals surface area contributed by atoms with Crippen LogP contribution in [0.3, 0.4) is 0 Å². The van der Waals surface area contributed by atoms with Gasteiger partial charge in [-0.15, -0.1) is 0 Å². The Hall–Kier alpha value is -2.31. The van der Waals surface area contributed by atoms with Crippen LogP contribution in [0.15, 0.2) is 35.1 Å². The molecular weight excluding hydrogens is 302 g/mol. The molecule has 0 aliphatic heterocycles. The largest absolute Gasteiger partial charge is 0.339 e. The highest BCUT2D eigenvalue weighted by Crippen LogP contribution is 2.40. The third-order valence-electron chi connectivity index (χ3n) is 4.39. The van der Waals surface area contributed by atoms with E-state index in [2.05, 4.69) is 15.1 Å². The van der Waals surface area contributed by atoms with Crippen molar-refractivity contribution in [3.8, 4) is 0 Å². The average Bonchev–Trinajstić information content (AvgIpc) is 3.16. The zero-order valence-corrected chi connectivity index (χ0v) is 12.5. The Morgan fingerprint density at radius 1 is 1.22 bits per heavy atom. The summed E-state index contributed by atoms with van der Waals surface area (Å²) in [6, 6.07) is 7.80. The van der Waals surface area contributed by atoms with Crippen LogP contribution in [0.4, 0.5) is 8.78 Å². The van der Waals surface area contributed by atoms with Gasteiger partial charge < -0.3 is 9.09 Å². The fourth-order valence-electron chi connectivity index (χ4n) is 3.07. The summed E-state index contributed by atoms with van der Waals surface area (Å²) in [7, 11) is 0. The van der Waals surface area contributed by atoms with E-state index in [4.69, 9.17) is 4.52 Å². The first-order valence-corrected chi connectivity index (χ1v) is 7.71. The molecule has 5 nitrogen and oxygen atoms in total. The number of alkyl halides is 2. The monoisotopic (exact) mass is 318 g/mol. The fraction of sp³-hybridized carbons (Fsp3) is 0.438. The van der Waals surface area contributed by atoms with Gasteiger partial charge in [-0.25, -0.2) is 13.8 Å². The number of hydrogen-bond acceptors (Lipinski definition) is 4. The van der Waals surface area contributed by atoms with Crippen LogP contribution in [0.25, 0.3) is 11.0 Å². The molecule has 2 aromatic heterocycles. The maximum Gasteiger partial charge on any atom is 0.248 e. The van der Waals surface area contributed by atoms with E-state index in [9.17, 15) is 8.78 Å². The molecule has 1 aromatic carbocycles. The van der Waals surface area contributed by atoms with Gasteiger partial charge >= 0.3 is 0 Å². The molecule has 7 heteroatoms. The molecule has 23 heavy (non-hydrogen) atoms. The van der Waals surface area contributed by atoms with Crippen LogP contribution in [0, 0.1) is 0 Å². The lowest BCUT2D eigenvalue weighted by Gasteiger charge is -2.25. The summed E-state index contributed by atoms with van der Waals surface area (Å²) in [5, 5.41) is 3.99. The van der Waals surface area contributed by atoms with Gasteiger partial charge in [-0.2, -0.15) is 4.98 Å².